The summed E-state index contributed by atoms with van der Waals surface area (Å²) in [5, 5.41) is 8.04. The van der Waals surface area contributed by atoms with Crippen LogP contribution in [-0.4, -0.2) is 47.9 Å². The van der Waals surface area contributed by atoms with Crippen molar-refractivity contribution in [3.63, 3.8) is 0 Å². The number of hydrogen-bond donors (Lipinski definition) is 1. The van der Waals surface area contributed by atoms with Crippen molar-refractivity contribution in [3.8, 4) is 5.75 Å². The van der Waals surface area contributed by atoms with E-state index in [1.165, 1.54) is 23.4 Å². The van der Waals surface area contributed by atoms with Gasteiger partial charge in [0.05, 0.1) is 12.2 Å². The Morgan fingerprint density at radius 1 is 1.25 bits per heavy atom. The van der Waals surface area contributed by atoms with Gasteiger partial charge in [0, 0.05) is 38.9 Å². The molecule has 1 aromatic heterocycles. The van der Waals surface area contributed by atoms with Gasteiger partial charge in [-0.25, -0.2) is 4.39 Å². The summed E-state index contributed by atoms with van der Waals surface area (Å²) in [7, 11) is 5.73. The number of ether oxygens (including phenoxy) is 1. The number of guanidine groups is 1. The number of nitrogens with zero attached hydrogens (tertiary/aromatic N) is 4. The smallest absolute Gasteiger partial charge is 0.193 e. The van der Waals surface area contributed by atoms with Crippen LogP contribution in [0.3, 0.4) is 0 Å². The molecular weight excluding hydrogens is 472 g/mol. The lowest BCUT2D eigenvalue weighted by atomic mass is 10.1. The monoisotopic (exact) mass is 503 g/mol. The van der Waals surface area contributed by atoms with Crippen LogP contribution in [0, 0.1) is 5.82 Å². The summed E-state index contributed by atoms with van der Waals surface area (Å²) in [6, 6.07) is 6.04. The lowest BCUT2D eigenvalue weighted by molar-refractivity contribution is 0.281. The molecule has 0 aliphatic heterocycles. The normalized spacial score (nSPS) is 11.1. The molecule has 0 spiro atoms. The van der Waals surface area contributed by atoms with Crippen LogP contribution >= 0.6 is 24.0 Å². The molecule has 1 N–H and O–H groups in total. The van der Waals surface area contributed by atoms with Gasteiger partial charge < -0.3 is 15.0 Å². The molecule has 2 rings (SSSR count). The standard InChI is InChI=1S/C20H30FN5O.HI/c1-6-18-17(19(7-2)26(5)24-18)14-23-20(22-3)25(4)12-13-27-16-10-8-15(21)9-11-16;/h8-11H,6-7,12-14H2,1-5H3,(H,22,23);1H. The van der Waals surface area contributed by atoms with Crippen molar-refractivity contribution >= 4 is 29.9 Å². The second-order valence-electron chi connectivity index (χ2n) is 6.33. The molecule has 1 heterocycles. The van der Waals surface area contributed by atoms with Crippen molar-refractivity contribution in [2.24, 2.45) is 12.0 Å². The Morgan fingerprint density at radius 3 is 2.50 bits per heavy atom. The number of aryl methyl sites for hydroxylation is 2. The van der Waals surface area contributed by atoms with Gasteiger partial charge in [-0.3, -0.25) is 9.67 Å². The first kappa shape index (κ1) is 24.2. The fraction of sp³-hybridized carbons (Fsp3) is 0.500. The van der Waals surface area contributed by atoms with Crippen LogP contribution < -0.4 is 10.1 Å². The van der Waals surface area contributed by atoms with Gasteiger partial charge in [0.1, 0.15) is 18.2 Å². The highest BCUT2D eigenvalue weighted by Crippen LogP contribution is 2.15. The maximum Gasteiger partial charge on any atom is 0.193 e. The van der Waals surface area contributed by atoms with Crippen LogP contribution in [0.15, 0.2) is 29.3 Å². The third-order valence-electron chi connectivity index (χ3n) is 4.53. The van der Waals surface area contributed by atoms with E-state index < -0.39 is 0 Å². The van der Waals surface area contributed by atoms with E-state index in [2.05, 4.69) is 29.3 Å². The van der Waals surface area contributed by atoms with E-state index in [1.54, 1.807) is 19.2 Å². The Bertz CT molecular complexity index is 761. The van der Waals surface area contributed by atoms with Gasteiger partial charge >= 0.3 is 0 Å². The molecule has 1 aromatic carbocycles. The van der Waals surface area contributed by atoms with E-state index in [9.17, 15) is 4.39 Å². The average molecular weight is 503 g/mol. The molecule has 0 aliphatic rings. The van der Waals surface area contributed by atoms with Crippen LogP contribution in [0.1, 0.15) is 30.8 Å². The van der Waals surface area contributed by atoms with Crippen molar-refractivity contribution in [2.75, 3.05) is 27.2 Å². The first-order chi connectivity index (χ1) is 13.0. The van der Waals surface area contributed by atoms with Gasteiger partial charge in [0.2, 0.25) is 0 Å². The molecule has 156 valence electrons. The molecule has 0 saturated heterocycles. The lowest BCUT2D eigenvalue weighted by Crippen LogP contribution is -2.40. The minimum atomic E-state index is -0.266. The second-order valence-corrected chi connectivity index (χ2v) is 6.33. The predicted molar refractivity (Wildman–Crippen MR) is 122 cm³/mol. The first-order valence-electron chi connectivity index (χ1n) is 9.33. The molecule has 8 heteroatoms. The highest BCUT2D eigenvalue weighted by Gasteiger charge is 2.15. The first-order valence-corrected chi connectivity index (χ1v) is 9.33. The van der Waals surface area contributed by atoms with Crippen LogP contribution in [0.2, 0.25) is 0 Å². The maximum atomic E-state index is 12.9. The van der Waals surface area contributed by atoms with E-state index in [0.29, 0.717) is 25.4 Å². The predicted octanol–water partition coefficient (Wildman–Crippen LogP) is 3.39. The van der Waals surface area contributed by atoms with Gasteiger partial charge in [-0.2, -0.15) is 5.10 Å². The molecule has 0 unspecified atom stereocenters. The maximum absolute atomic E-state index is 12.9. The number of aromatic nitrogens is 2. The van der Waals surface area contributed by atoms with Gasteiger partial charge in [-0.05, 0) is 37.1 Å². The van der Waals surface area contributed by atoms with Gasteiger partial charge in [0.15, 0.2) is 5.96 Å². The lowest BCUT2D eigenvalue weighted by Gasteiger charge is -2.22. The topological polar surface area (TPSA) is 54.7 Å². The molecule has 0 atom stereocenters. The number of rotatable bonds is 8. The summed E-state index contributed by atoms with van der Waals surface area (Å²) in [5.41, 5.74) is 3.62. The number of benzene rings is 1. The quantitative estimate of drug-likeness (QED) is 0.341. The van der Waals surface area contributed by atoms with Gasteiger partial charge in [-0.15, -0.1) is 24.0 Å². The Kier molecular flexibility index (Phi) is 10.3. The van der Waals surface area contributed by atoms with E-state index in [1.807, 2.05) is 23.7 Å². The molecule has 6 nitrogen and oxygen atoms in total. The summed E-state index contributed by atoms with van der Waals surface area (Å²) >= 11 is 0. The number of likely N-dealkylation sites (N-methyl/N-ethyl adjacent to an activating group) is 1. The van der Waals surface area contributed by atoms with Crippen LogP contribution in [-0.2, 0) is 26.4 Å². The van der Waals surface area contributed by atoms with Crippen LogP contribution in [0.25, 0.3) is 0 Å². The average Bonchev–Trinajstić information content (AvgIpc) is 2.98. The molecule has 0 radical (unpaired) electrons. The zero-order chi connectivity index (χ0) is 19.8. The molecule has 0 saturated carbocycles. The molecule has 28 heavy (non-hydrogen) atoms. The van der Waals surface area contributed by atoms with Gasteiger partial charge in [0.25, 0.3) is 0 Å². The zero-order valence-corrected chi connectivity index (χ0v) is 19.7. The Balaban J connectivity index is 0.00000392. The van der Waals surface area contributed by atoms with E-state index in [4.69, 9.17) is 4.74 Å². The molecule has 2 aromatic rings. The van der Waals surface area contributed by atoms with E-state index >= 15 is 0 Å². The number of aliphatic imine (C=N–C) groups is 1. The Labute approximate surface area is 184 Å². The second kappa shape index (κ2) is 11.9. The molecule has 0 bridgehead atoms. The van der Waals surface area contributed by atoms with Gasteiger partial charge in [-0.1, -0.05) is 13.8 Å². The summed E-state index contributed by atoms with van der Waals surface area (Å²) in [6.07, 6.45) is 1.85. The number of hydrogen-bond acceptors (Lipinski definition) is 3. The van der Waals surface area contributed by atoms with Crippen LogP contribution in [0.5, 0.6) is 5.75 Å². The fourth-order valence-corrected chi connectivity index (χ4v) is 3.08. The summed E-state index contributed by atoms with van der Waals surface area (Å²) in [6.45, 7) is 6.10. The van der Waals surface area contributed by atoms with Crippen molar-refractivity contribution in [1.82, 2.24) is 20.0 Å². The fourth-order valence-electron chi connectivity index (χ4n) is 3.08. The van der Waals surface area contributed by atoms with Crippen molar-refractivity contribution in [2.45, 2.75) is 33.2 Å². The van der Waals surface area contributed by atoms with E-state index in [0.717, 1.165) is 24.5 Å². The third-order valence-corrected chi connectivity index (χ3v) is 4.53. The highest BCUT2D eigenvalue weighted by molar-refractivity contribution is 14.0. The molecule has 0 fully saturated rings. The molecular formula is C20H31FIN5O. The molecule has 0 aliphatic carbocycles. The largest absolute Gasteiger partial charge is 0.492 e. The van der Waals surface area contributed by atoms with Crippen molar-refractivity contribution < 1.29 is 9.13 Å². The van der Waals surface area contributed by atoms with E-state index in [-0.39, 0.29) is 29.8 Å². The summed E-state index contributed by atoms with van der Waals surface area (Å²) < 4.78 is 20.6. The van der Waals surface area contributed by atoms with Crippen LogP contribution in [0.4, 0.5) is 4.39 Å². The van der Waals surface area contributed by atoms with Crippen molar-refractivity contribution in [3.05, 3.63) is 47.0 Å². The third kappa shape index (κ3) is 6.35. The Morgan fingerprint density at radius 2 is 1.93 bits per heavy atom. The highest BCUT2D eigenvalue weighted by atomic mass is 127. The summed E-state index contributed by atoms with van der Waals surface area (Å²) in [4.78, 5) is 6.37. The zero-order valence-electron chi connectivity index (χ0n) is 17.3. The SMILES string of the molecule is CCc1nn(C)c(CC)c1CNC(=NC)N(C)CCOc1ccc(F)cc1.I. The van der Waals surface area contributed by atoms with Crippen molar-refractivity contribution in [1.29, 1.82) is 0 Å². The molecule has 0 amide bonds. The summed E-state index contributed by atoms with van der Waals surface area (Å²) in [5.74, 6) is 1.19. The minimum Gasteiger partial charge on any atom is -0.492 e. The number of nitrogens with one attached hydrogen (secondary N) is 1. The Hall–Kier alpha value is -1.84. The minimum absolute atomic E-state index is 0. The number of halogens is 2.